The van der Waals surface area contributed by atoms with Gasteiger partial charge in [-0.25, -0.2) is 0 Å². The van der Waals surface area contributed by atoms with Crippen LogP contribution in [0.25, 0.3) is 0 Å². The number of aryl methyl sites for hydroxylation is 1. The smallest absolute Gasteiger partial charge is 0.239 e. The minimum Gasteiger partial charge on any atom is -0.350 e. The third kappa shape index (κ3) is 3.61. The lowest BCUT2D eigenvalue weighted by atomic mass is 10.1. The van der Waals surface area contributed by atoms with Gasteiger partial charge in [0.2, 0.25) is 5.91 Å². The summed E-state index contributed by atoms with van der Waals surface area (Å²) in [4.78, 5) is 11.6. The molecule has 1 rings (SSSR count). The third-order valence-electron chi connectivity index (χ3n) is 2.33. The Bertz CT molecular complexity index is 396. The molecule has 3 nitrogen and oxygen atoms in total. The zero-order chi connectivity index (χ0) is 12.3. The Balaban J connectivity index is 2.65. The van der Waals surface area contributed by atoms with Crippen LogP contribution in [0.2, 0.25) is 0 Å². The fraction of sp³-hybridized carbons (Fsp3) is 0.417. The first-order chi connectivity index (χ1) is 7.30. The summed E-state index contributed by atoms with van der Waals surface area (Å²) in [6.45, 7) is 5.91. The van der Waals surface area contributed by atoms with Crippen LogP contribution in [0.4, 0.5) is 0 Å². The van der Waals surface area contributed by atoms with Crippen LogP contribution in [0, 0.1) is 6.92 Å². The number of carbonyl (C=O) groups is 1. The summed E-state index contributed by atoms with van der Waals surface area (Å²) in [6, 6.07) is 5.97. The van der Waals surface area contributed by atoms with Crippen molar-refractivity contribution in [3.8, 4) is 0 Å². The molecule has 0 saturated carbocycles. The Hall–Kier alpha value is -0.870. The van der Waals surface area contributed by atoms with Crippen LogP contribution >= 0.6 is 15.9 Å². The van der Waals surface area contributed by atoms with Gasteiger partial charge in [0.1, 0.15) is 0 Å². The highest BCUT2D eigenvalue weighted by Crippen LogP contribution is 2.15. The van der Waals surface area contributed by atoms with Crippen molar-refractivity contribution < 1.29 is 4.79 Å². The fourth-order valence-electron chi connectivity index (χ4n) is 1.26. The Labute approximate surface area is 105 Å². The van der Waals surface area contributed by atoms with Gasteiger partial charge in [0.25, 0.3) is 0 Å². The first-order valence-corrected chi connectivity index (χ1v) is 5.92. The molecule has 0 aliphatic heterocycles. The maximum absolute atomic E-state index is 11.6. The van der Waals surface area contributed by atoms with Crippen LogP contribution in [0.1, 0.15) is 25.0 Å². The summed E-state index contributed by atoms with van der Waals surface area (Å²) in [5, 5.41) is 2.82. The Morgan fingerprint density at radius 1 is 1.50 bits per heavy atom. The van der Waals surface area contributed by atoms with Crippen molar-refractivity contribution in [3.63, 3.8) is 0 Å². The third-order valence-corrected chi connectivity index (χ3v) is 2.82. The highest BCUT2D eigenvalue weighted by atomic mass is 79.9. The van der Waals surface area contributed by atoms with Gasteiger partial charge in [0.05, 0.1) is 5.54 Å². The Morgan fingerprint density at radius 2 is 2.12 bits per heavy atom. The summed E-state index contributed by atoms with van der Waals surface area (Å²) in [5.74, 6) is -0.144. The van der Waals surface area contributed by atoms with E-state index in [1.807, 2.05) is 25.1 Å². The van der Waals surface area contributed by atoms with E-state index in [0.717, 1.165) is 15.6 Å². The standard InChI is InChI=1S/C12H17BrN2O/c1-8-6-10(13)5-4-9(8)7-15-11(16)12(2,3)14/h4-6H,7,14H2,1-3H3,(H,15,16). The minimum atomic E-state index is -0.830. The van der Waals surface area contributed by atoms with Gasteiger partial charge in [0.15, 0.2) is 0 Å². The van der Waals surface area contributed by atoms with E-state index < -0.39 is 5.54 Å². The van der Waals surface area contributed by atoms with Crippen molar-refractivity contribution in [3.05, 3.63) is 33.8 Å². The lowest BCUT2D eigenvalue weighted by molar-refractivity contribution is -0.125. The average Bonchev–Trinajstić information content (AvgIpc) is 2.14. The van der Waals surface area contributed by atoms with Crippen LogP contribution in [-0.4, -0.2) is 11.4 Å². The number of carbonyl (C=O) groups excluding carboxylic acids is 1. The SMILES string of the molecule is Cc1cc(Br)ccc1CNC(=O)C(C)(C)N. The predicted octanol–water partition coefficient (Wildman–Crippen LogP) is 2.11. The zero-order valence-electron chi connectivity index (χ0n) is 9.80. The van der Waals surface area contributed by atoms with Crippen LogP contribution < -0.4 is 11.1 Å². The molecule has 1 aromatic rings. The van der Waals surface area contributed by atoms with Crippen LogP contribution in [-0.2, 0) is 11.3 Å². The number of hydrogen-bond acceptors (Lipinski definition) is 2. The van der Waals surface area contributed by atoms with E-state index in [4.69, 9.17) is 5.73 Å². The van der Waals surface area contributed by atoms with Gasteiger partial charge < -0.3 is 11.1 Å². The van der Waals surface area contributed by atoms with Gasteiger partial charge in [0, 0.05) is 11.0 Å². The molecule has 0 fully saturated rings. The number of amides is 1. The normalized spacial score (nSPS) is 11.3. The summed E-state index contributed by atoms with van der Waals surface area (Å²) < 4.78 is 1.04. The van der Waals surface area contributed by atoms with E-state index in [9.17, 15) is 4.79 Å². The molecule has 0 aromatic heterocycles. The molecule has 1 aromatic carbocycles. The van der Waals surface area contributed by atoms with Crippen LogP contribution in [0.3, 0.4) is 0 Å². The minimum absolute atomic E-state index is 0.144. The molecule has 0 aliphatic carbocycles. The molecule has 0 spiro atoms. The largest absolute Gasteiger partial charge is 0.350 e. The van der Waals surface area contributed by atoms with Crippen molar-refractivity contribution in [1.82, 2.24) is 5.32 Å². The molecule has 0 bridgehead atoms. The van der Waals surface area contributed by atoms with Gasteiger partial charge in [-0.15, -0.1) is 0 Å². The monoisotopic (exact) mass is 284 g/mol. The molecular weight excluding hydrogens is 268 g/mol. The zero-order valence-corrected chi connectivity index (χ0v) is 11.4. The summed E-state index contributed by atoms with van der Waals surface area (Å²) in [5.41, 5.74) is 7.10. The van der Waals surface area contributed by atoms with Crippen molar-refractivity contribution >= 4 is 21.8 Å². The quantitative estimate of drug-likeness (QED) is 0.893. The first-order valence-electron chi connectivity index (χ1n) is 5.13. The van der Waals surface area contributed by atoms with Crippen molar-refractivity contribution in [2.75, 3.05) is 0 Å². The lowest BCUT2D eigenvalue weighted by Crippen LogP contribution is -2.48. The van der Waals surface area contributed by atoms with E-state index in [1.165, 1.54) is 0 Å². The number of nitrogens with one attached hydrogen (secondary N) is 1. The van der Waals surface area contributed by atoms with Gasteiger partial charge in [-0.3, -0.25) is 4.79 Å². The maximum atomic E-state index is 11.6. The van der Waals surface area contributed by atoms with E-state index in [2.05, 4.69) is 21.2 Å². The molecule has 0 radical (unpaired) electrons. The topological polar surface area (TPSA) is 55.1 Å². The Morgan fingerprint density at radius 3 is 2.62 bits per heavy atom. The fourth-order valence-corrected chi connectivity index (χ4v) is 1.74. The van der Waals surface area contributed by atoms with Gasteiger partial charge in [-0.2, -0.15) is 0 Å². The van der Waals surface area contributed by atoms with Crippen molar-refractivity contribution in [2.24, 2.45) is 5.73 Å². The molecule has 0 aliphatic rings. The Kier molecular flexibility index (Phi) is 4.10. The number of hydrogen-bond donors (Lipinski definition) is 2. The van der Waals surface area contributed by atoms with Gasteiger partial charge in [-0.1, -0.05) is 22.0 Å². The molecule has 0 heterocycles. The summed E-state index contributed by atoms with van der Waals surface area (Å²) >= 11 is 3.40. The maximum Gasteiger partial charge on any atom is 0.239 e. The van der Waals surface area contributed by atoms with Gasteiger partial charge in [-0.05, 0) is 44.0 Å². The lowest BCUT2D eigenvalue weighted by Gasteiger charge is -2.18. The predicted molar refractivity (Wildman–Crippen MR) is 69.0 cm³/mol. The van der Waals surface area contributed by atoms with Crippen molar-refractivity contribution in [1.29, 1.82) is 0 Å². The highest BCUT2D eigenvalue weighted by Gasteiger charge is 2.21. The second-order valence-corrected chi connectivity index (χ2v) is 5.39. The number of rotatable bonds is 3. The summed E-state index contributed by atoms with van der Waals surface area (Å²) in [6.07, 6.45) is 0. The second kappa shape index (κ2) is 4.97. The summed E-state index contributed by atoms with van der Waals surface area (Å²) in [7, 11) is 0. The van der Waals surface area contributed by atoms with E-state index in [-0.39, 0.29) is 5.91 Å². The number of benzene rings is 1. The van der Waals surface area contributed by atoms with Crippen LogP contribution in [0.5, 0.6) is 0 Å². The molecule has 3 N–H and O–H groups in total. The molecule has 16 heavy (non-hydrogen) atoms. The highest BCUT2D eigenvalue weighted by molar-refractivity contribution is 9.10. The average molecular weight is 285 g/mol. The van der Waals surface area contributed by atoms with E-state index in [0.29, 0.717) is 6.54 Å². The van der Waals surface area contributed by atoms with Gasteiger partial charge >= 0.3 is 0 Å². The van der Waals surface area contributed by atoms with E-state index in [1.54, 1.807) is 13.8 Å². The molecule has 1 amide bonds. The van der Waals surface area contributed by atoms with Crippen molar-refractivity contribution in [2.45, 2.75) is 32.9 Å². The molecule has 0 saturated heterocycles. The molecule has 88 valence electrons. The molecular formula is C12H17BrN2O. The number of halogens is 1. The molecule has 0 unspecified atom stereocenters. The second-order valence-electron chi connectivity index (χ2n) is 4.48. The molecule has 0 atom stereocenters. The van der Waals surface area contributed by atoms with Crippen LogP contribution in [0.15, 0.2) is 22.7 Å². The van der Waals surface area contributed by atoms with E-state index >= 15 is 0 Å². The number of nitrogens with two attached hydrogens (primary N) is 1. The first kappa shape index (κ1) is 13.2. The molecule has 4 heteroatoms.